The summed E-state index contributed by atoms with van der Waals surface area (Å²) >= 11 is 0. The smallest absolute Gasteiger partial charge is 0.222 e. The van der Waals surface area contributed by atoms with Crippen LogP contribution < -0.4 is 21.1 Å². The highest BCUT2D eigenvalue weighted by atomic mass is 19.1. The molecule has 9 nitrogen and oxygen atoms in total. The summed E-state index contributed by atoms with van der Waals surface area (Å²) in [5.41, 5.74) is 10.8. The number of anilines is 2. The number of fused-ring (bicyclic) bond motifs is 3. The van der Waals surface area contributed by atoms with Gasteiger partial charge in [-0.15, -0.1) is 0 Å². The lowest BCUT2D eigenvalue weighted by atomic mass is 10.1. The van der Waals surface area contributed by atoms with Crippen molar-refractivity contribution in [3.8, 4) is 5.75 Å². The van der Waals surface area contributed by atoms with E-state index in [1.54, 1.807) is 7.11 Å². The number of benzene rings is 2. The third-order valence-corrected chi connectivity index (χ3v) is 7.61. The molecule has 2 aromatic heterocycles. The summed E-state index contributed by atoms with van der Waals surface area (Å²) in [5, 5.41) is 17.5. The maximum Gasteiger partial charge on any atom is 0.222 e. The van der Waals surface area contributed by atoms with Gasteiger partial charge in [0.05, 0.1) is 25.8 Å². The largest absolute Gasteiger partial charge is 0.496 e. The van der Waals surface area contributed by atoms with Crippen molar-refractivity contribution < 1.29 is 19.0 Å². The number of para-hydroxylation sites is 1. The quantitative estimate of drug-likeness (QED) is 0.205. The van der Waals surface area contributed by atoms with Crippen LogP contribution in [0.5, 0.6) is 5.75 Å². The number of aliphatic hydroxyl groups is 1. The number of rotatable bonds is 12. The van der Waals surface area contributed by atoms with Gasteiger partial charge in [0.2, 0.25) is 5.95 Å². The van der Waals surface area contributed by atoms with Gasteiger partial charge in [-0.3, -0.25) is 0 Å². The SMILES string of the molecule is CCC[C@@H](CCO)Nc1nc(N)nc2c3ccccc3n(Cc3cc(CN[C@@H]4CCOC[C@H]4F)ccc3OC)c12. The Morgan fingerprint density at radius 3 is 2.85 bits per heavy atom. The monoisotopic (exact) mass is 550 g/mol. The van der Waals surface area contributed by atoms with Crippen molar-refractivity contribution in [1.29, 1.82) is 0 Å². The fourth-order valence-corrected chi connectivity index (χ4v) is 5.61. The van der Waals surface area contributed by atoms with Gasteiger partial charge in [-0.1, -0.05) is 37.6 Å². The average molecular weight is 551 g/mol. The topological polar surface area (TPSA) is 119 Å². The van der Waals surface area contributed by atoms with E-state index in [1.807, 2.05) is 30.3 Å². The fraction of sp³-hybridized carbons (Fsp3) is 0.467. The standard InChI is InChI=1S/C30H39FN6O3/c1-3-6-21(11-13-38)34-29-28-27(35-30(32)36-29)22-7-4-5-8-25(22)37(28)17-20-15-19(9-10-26(20)39-2)16-33-24-12-14-40-18-23(24)31/h4-5,7-10,15,21,23-24,33,38H,3,6,11-14,16-18H2,1-2H3,(H3,32,34,35,36)/t21-,23+,24+/m0/s1. The third-order valence-electron chi connectivity index (χ3n) is 7.61. The van der Waals surface area contributed by atoms with Gasteiger partial charge in [-0.25, -0.2) is 9.37 Å². The minimum absolute atomic E-state index is 0.0485. The molecule has 0 amide bonds. The molecule has 1 fully saturated rings. The van der Waals surface area contributed by atoms with E-state index in [4.69, 9.17) is 15.2 Å². The summed E-state index contributed by atoms with van der Waals surface area (Å²) in [6.07, 6.45) is 2.11. The molecule has 0 spiro atoms. The second kappa shape index (κ2) is 12.8. The summed E-state index contributed by atoms with van der Waals surface area (Å²) in [4.78, 5) is 9.26. The molecule has 1 aliphatic rings. The molecule has 0 unspecified atom stereocenters. The molecule has 3 atom stereocenters. The van der Waals surface area contributed by atoms with Gasteiger partial charge in [0.25, 0.3) is 0 Å². The molecule has 3 heterocycles. The number of hydrogen-bond acceptors (Lipinski definition) is 8. The Morgan fingerprint density at radius 2 is 2.08 bits per heavy atom. The van der Waals surface area contributed by atoms with E-state index in [1.165, 1.54) is 0 Å². The van der Waals surface area contributed by atoms with E-state index in [0.29, 0.717) is 38.4 Å². The van der Waals surface area contributed by atoms with E-state index >= 15 is 0 Å². The molecule has 0 bridgehead atoms. The number of halogens is 1. The predicted molar refractivity (Wildman–Crippen MR) is 157 cm³/mol. The van der Waals surface area contributed by atoms with Crippen molar-refractivity contribution in [2.45, 2.75) is 64.0 Å². The van der Waals surface area contributed by atoms with E-state index in [2.05, 4.69) is 44.2 Å². The Kier molecular flexibility index (Phi) is 8.98. The lowest BCUT2D eigenvalue weighted by molar-refractivity contribution is 0.0135. The first-order valence-corrected chi connectivity index (χ1v) is 14.0. The summed E-state index contributed by atoms with van der Waals surface area (Å²) < 4.78 is 27.5. The van der Waals surface area contributed by atoms with Gasteiger partial charge in [0.1, 0.15) is 23.0 Å². The van der Waals surface area contributed by atoms with Crippen molar-refractivity contribution in [2.75, 3.05) is 38.0 Å². The summed E-state index contributed by atoms with van der Waals surface area (Å²) in [6, 6.07) is 14.0. The van der Waals surface area contributed by atoms with Gasteiger partial charge < -0.3 is 35.5 Å². The number of nitrogens with one attached hydrogen (secondary N) is 2. The van der Waals surface area contributed by atoms with Crippen LogP contribution in [0, 0.1) is 0 Å². The second-order valence-corrected chi connectivity index (χ2v) is 10.4. The number of aromatic nitrogens is 3. The number of nitrogens with zero attached hydrogens (tertiary/aromatic N) is 3. The van der Waals surface area contributed by atoms with Crippen molar-refractivity contribution in [2.24, 2.45) is 0 Å². The molecular formula is C30H39FN6O3. The molecule has 0 aliphatic carbocycles. The Morgan fingerprint density at radius 1 is 1.23 bits per heavy atom. The first kappa shape index (κ1) is 28.1. The van der Waals surface area contributed by atoms with E-state index in [0.717, 1.165) is 51.7 Å². The van der Waals surface area contributed by atoms with Gasteiger partial charge in [0, 0.05) is 42.8 Å². The maximum atomic E-state index is 14.3. The van der Waals surface area contributed by atoms with Gasteiger partial charge in [-0.2, -0.15) is 4.98 Å². The van der Waals surface area contributed by atoms with Crippen molar-refractivity contribution in [1.82, 2.24) is 19.9 Å². The normalized spacial score (nSPS) is 18.3. The van der Waals surface area contributed by atoms with Crippen LogP contribution in [0.15, 0.2) is 42.5 Å². The highest BCUT2D eigenvalue weighted by Gasteiger charge is 2.25. The fourth-order valence-electron chi connectivity index (χ4n) is 5.61. The molecular weight excluding hydrogens is 511 g/mol. The summed E-state index contributed by atoms with van der Waals surface area (Å²) in [6.45, 7) is 3.96. The number of aliphatic hydroxyl groups excluding tert-OH is 1. The Labute approximate surface area is 233 Å². The number of ether oxygens (including phenoxy) is 2. The van der Waals surface area contributed by atoms with Crippen molar-refractivity contribution in [3.63, 3.8) is 0 Å². The Hall–Kier alpha value is -3.47. The van der Waals surface area contributed by atoms with Crippen molar-refractivity contribution >= 4 is 33.7 Å². The molecule has 10 heteroatoms. The number of nitrogen functional groups attached to an aromatic ring is 1. The van der Waals surface area contributed by atoms with Crippen LogP contribution in [0.4, 0.5) is 16.2 Å². The van der Waals surface area contributed by atoms with Crippen LogP contribution in [-0.4, -0.2) is 64.8 Å². The molecule has 1 saturated heterocycles. The first-order chi connectivity index (χ1) is 19.5. The average Bonchev–Trinajstić information content (AvgIpc) is 3.26. The van der Waals surface area contributed by atoms with Crippen LogP contribution in [0.2, 0.25) is 0 Å². The van der Waals surface area contributed by atoms with Crippen LogP contribution in [0.1, 0.15) is 43.7 Å². The molecule has 1 aliphatic heterocycles. The van der Waals surface area contributed by atoms with Crippen LogP contribution >= 0.6 is 0 Å². The minimum Gasteiger partial charge on any atom is -0.496 e. The van der Waals surface area contributed by atoms with E-state index in [-0.39, 0.29) is 31.2 Å². The molecule has 4 aromatic rings. The number of alkyl halides is 1. The molecule has 40 heavy (non-hydrogen) atoms. The number of methoxy groups -OCH3 is 1. The minimum atomic E-state index is -1.01. The molecule has 5 rings (SSSR count). The highest BCUT2D eigenvalue weighted by molar-refractivity contribution is 6.09. The first-order valence-electron chi connectivity index (χ1n) is 14.0. The Bertz CT molecular complexity index is 1440. The maximum absolute atomic E-state index is 14.3. The third kappa shape index (κ3) is 5.99. The van der Waals surface area contributed by atoms with Gasteiger partial charge in [0.15, 0.2) is 5.82 Å². The van der Waals surface area contributed by atoms with E-state index < -0.39 is 6.17 Å². The number of hydrogen-bond donors (Lipinski definition) is 4. The lowest BCUT2D eigenvalue weighted by Crippen LogP contribution is -2.43. The van der Waals surface area contributed by atoms with Gasteiger partial charge in [-0.05, 0) is 43.0 Å². The zero-order chi connectivity index (χ0) is 28.1. The molecule has 5 N–H and O–H groups in total. The molecule has 2 aromatic carbocycles. The summed E-state index contributed by atoms with van der Waals surface area (Å²) in [5.74, 6) is 1.61. The van der Waals surface area contributed by atoms with Crippen LogP contribution in [-0.2, 0) is 17.8 Å². The van der Waals surface area contributed by atoms with E-state index in [9.17, 15) is 9.50 Å². The lowest BCUT2D eigenvalue weighted by Gasteiger charge is -2.27. The Balaban J connectivity index is 1.55. The van der Waals surface area contributed by atoms with Gasteiger partial charge >= 0.3 is 0 Å². The zero-order valence-corrected chi connectivity index (χ0v) is 23.2. The summed E-state index contributed by atoms with van der Waals surface area (Å²) in [7, 11) is 1.67. The zero-order valence-electron chi connectivity index (χ0n) is 23.2. The van der Waals surface area contributed by atoms with Crippen LogP contribution in [0.25, 0.3) is 21.9 Å². The number of nitrogens with two attached hydrogens (primary N) is 1. The molecule has 0 radical (unpaired) electrons. The van der Waals surface area contributed by atoms with Crippen LogP contribution in [0.3, 0.4) is 0 Å². The second-order valence-electron chi connectivity index (χ2n) is 10.4. The molecule has 0 saturated carbocycles. The predicted octanol–water partition coefficient (Wildman–Crippen LogP) is 4.40. The van der Waals surface area contributed by atoms with Crippen molar-refractivity contribution in [3.05, 3.63) is 53.6 Å². The molecule has 214 valence electrons. The highest BCUT2D eigenvalue weighted by Crippen LogP contribution is 2.35.